The van der Waals surface area contributed by atoms with E-state index in [-0.39, 0.29) is 11.4 Å². The summed E-state index contributed by atoms with van der Waals surface area (Å²) in [6.45, 7) is 0. The number of rotatable bonds is 3. The van der Waals surface area contributed by atoms with E-state index in [4.69, 9.17) is 16.7 Å². The van der Waals surface area contributed by atoms with Crippen LogP contribution in [0.1, 0.15) is 11.1 Å². The first-order valence-electron chi connectivity index (χ1n) is 5.81. The Balaban J connectivity index is 2.36. The molecule has 0 spiro atoms. The van der Waals surface area contributed by atoms with E-state index in [1.165, 1.54) is 24.4 Å². The molecule has 1 aromatic heterocycles. The van der Waals surface area contributed by atoms with E-state index in [0.29, 0.717) is 16.8 Å². The number of aliphatic carboxylic acids is 1. The third-order valence-electron chi connectivity index (χ3n) is 2.78. The van der Waals surface area contributed by atoms with Gasteiger partial charge in [0.25, 0.3) is 0 Å². The minimum absolute atomic E-state index is 0.202. The molecular formula is C14H9ClF3NO2. The lowest BCUT2D eigenvalue weighted by atomic mass is 10.1. The Bertz CT molecular complexity index is 669. The van der Waals surface area contributed by atoms with E-state index in [2.05, 4.69) is 4.98 Å². The summed E-state index contributed by atoms with van der Waals surface area (Å²) in [6.07, 6.45) is -3.40. The van der Waals surface area contributed by atoms with Gasteiger partial charge >= 0.3 is 12.1 Å². The smallest absolute Gasteiger partial charge is 0.416 e. The fourth-order valence-corrected chi connectivity index (χ4v) is 1.94. The maximum absolute atomic E-state index is 12.5. The number of benzene rings is 1. The monoisotopic (exact) mass is 315 g/mol. The average molecular weight is 316 g/mol. The number of nitrogens with zero attached hydrogens (tertiary/aromatic N) is 1. The highest BCUT2D eigenvalue weighted by molar-refractivity contribution is 6.31. The number of halogens is 4. The van der Waals surface area contributed by atoms with Crippen molar-refractivity contribution in [3.63, 3.8) is 0 Å². The number of hydrogen-bond acceptors (Lipinski definition) is 2. The molecule has 2 aromatic rings. The Morgan fingerprint density at radius 1 is 1.24 bits per heavy atom. The summed E-state index contributed by atoms with van der Waals surface area (Å²) >= 11 is 5.84. The van der Waals surface area contributed by atoms with Crippen molar-refractivity contribution in [2.75, 3.05) is 0 Å². The number of carboxylic acids is 1. The average Bonchev–Trinajstić information content (AvgIpc) is 2.40. The molecule has 0 unspecified atom stereocenters. The Hall–Kier alpha value is -2.08. The fraction of sp³-hybridized carbons (Fsp3) is 0.143. The molecule has 0 radical (unpaired) electrons. The molecule has 110 valence electrons. The largest absolute Gasteiger partial charge is 0.481 e. The first-order chi connectivity index (χ1) is 9.77. The Morgan fingerprint density at radius 2 is 1.86 bits per heavy atom. The maximum Gasteiger partial charge on any atom is 0.416 e. The molecule has 0 aliphatic heterocycles. The lowest BCUT2D eigenvalue weighted by molar-refractivity contribution is -0.138. The van der Waals surface area contributed by atoms with Crippen LogP contribution in [0, 0.1) is 0 Å². The summed E-state index contributed by atoms with van der Waals surface area (Å²) in [5.41, 5.74) is 0.413. The zero-order valence-corrected chi connectivity index (χ0v) is 11.2. The highest BCUT2D eigenvalue weighted by Crippen LogP contribution is 2.31. The van der Waals surface area contributed by atoms with Crippen LogP contribution in [-0.4, -0.2) is 16.1 Å². The highest BCUT2D eigenvalue weighted by atomic mass is 35.5. The lowest BCUT2D eigenvalue weighted by Crippen LogP contribution is -2.04. The predicted molar refractivity (Wildman–Crippen MR) is 71.0 cm³/mol. The molecule has 0 fully saturated rings. The Morgan fingerprint density at radius 3 is 2.38 bits per heavy atom. The van der Waals surface area contributed by atoms with Crippen LogP contribution in [0.2, 0.25) is 5.02 Å². The molecule has 21 heavy (non-hydrogen) atoms. The van der Waals surface area contributed by atoms with E-state index in [1.807, 2.05) is 0 Å². The molecular weight excluding hydrogens is 307 g/mol. The van der Waals surface area contributed by atoms with Crippen molar-refractivity contribution in [2.45, 2.75) is 12.6 Å². The fourth-order valence-electron chi connectivity index (χ4n) is 1.77. The molecule has 0 atom stereocenters. The second-order valence-corrected chi connectivity index (χ2v) is 4.71. The third-order valence-corrected chi connectivity index (χ3v) is 3.12. The summed E-state index contributed by atoms with van der Waals surface area (Å²) in [5.74, 6) is -1.05. The minimum atomic E-state index is -4.40. The molecule has 3 nitrogen and oxygen atoms in total. The topological polar surface area (TPSA) is 50.2 Å². The predicted octanol–water partition coefficient (Wildman–Crippen LogP) is 4.05. The van der Waals surface area contributed by atoms with Crippen LogP contribution in [0.25, 0.3) is 11.3 Å². The Labute approximate surface area is 123 Å². The highest BCUT2D eigenvalue weighted by Gasteiger charge is 2.30. The van der Waals surface area contributed by atoms with Crippen LogP contribution in [0.5, 0.6) is 0 Å². The van der Waals surface area contributed by atoms with Gasteiger partial charge in [-0.05, 0) is 23.8 Å². The molecule has 1 aromatic carbocycles. The van der Waals surface area contributed by atoms with Gasteiger partial charge in [-0.25, -0.2) is 0 Å². The first-order valence-corrected chi connectivity index (χ1v) is 6.19. The molecule has 1 N–H and O–H groups in total. The van der Waals surface area contributed by atoms with Gasteiger partial charge in [-0.15, -0.1) is 0 Å². The summed E-state index contributed by atoms with van der Waals surface area (Å²) in [7, 11) is 0. The van der Waals surface area contributed by atoms with Gasteiger partial charge in [-0.1, -0.05) is 23.7 Å². The van der Waals surface area contributed by atoms with Gasteiger partial charge in [0.15, 0.2) is 0 Å². The van der Waals surface area contributed by atoms with Gasteiger partial charge in [-0.3, -0.25) is 9.78 Å². The molecule has 0 aliphatic carbocycles. The number of pyridine rings is 1. The van der Waals surface area contributed by atoms with Crippen molar-refractivity contribution in [3.05, 3.63) is 52.7 Å². The molecule has 2 rings (SSSR count). The lowest BCUT2D eigenvalue weighted by Gasteiger charge is -2.08. The number of alkyl halides is 3. The van der Waals surface area contributed by atoms with Crippen molar-refractivity contribution in [2.24, 2.45) is 0 Å². The zero-order chi connectivity index (χ0) is 15.6. The van der Waals surface area contributed by atoms with Gasteiger partial charge in [0.2, 0.25) is 0 Å². The Kier molecular flexibility index (Phi) is 4.18. The number of aromatic nitrogens is 1. The maximum atomic E-state index is 12.5. The van der Waals surface area contributed by atoms with Gasteiger partial charge in [0, 0.05) is 11.8 Å². The van der Waals surface area contributed by atoms with Crippen LogP contribution in [0.3, 0.4) is 0 Å². The zero-order valence-electron chi connectivity index (χ0n) is 10.5. The van der Waals surface area contributed by atoms with Crippen LogP contribution in [0.15, 0.2) is 36.5 Å². The molecule has 0 saturated heterocycles. The summed E-state index contributed by atoms with van der Waals surface area (Å²) < 4.78 is 37.5. The van der Waals surface area contributed by atoms with Crippen LogP contribution in [-0.2, 0) is 17.4 Å². The summed E-state index contributed by atoms with van der Waals surface area (Å²) in [4.78, 5) is 14.7. The normalized spacial score (nSPS) is 11.4. The molecule has 7 heteroatoms. The van der Waals surface area contributed by atoms with Gasteiger partial charge < -0.3 is 5.11 Å². The van der Waals surface area contributed by atoms with Crippen molar-refractivity contribution < 1.29 is 23.1 Å². The minimum Gasteiger partial charge on any atom is -0.481 e. The molecule has 0 bridgehead atoms. The summed E-state index contributed by atoms with van der Waals surface area (Å²) in [6, 6.07) is 5.91. The van der Waals surface area contributed by atoms with E-state index < -0.39 is 17.7 Å². The van der Waals surface area contributed by atoms with E-state index in [1.54, 1.807) is 0 Å². The van der Waals surface area contributed by atoms with Gasteiger partial charge in [0.05, 0.1) is 22.7 Å². The summed E-state index contributed by atoms with van der Waals surface area (Å²) in [5, 5.41) is 8.98. The quantitative estimate of drug-likeness (QED) is 0.929. The second kappa shape index (κ2) is 5.73. The second-order valence-electron chi connectivity index (χ2n) is 4.31. The number of carbonyl (C=O) groups is 1. The first kappa shape index (κ1) is 15.3. The van der Waals surface area contributed by atoms with Crippen LogP contribution < -0.4 is 0 Å². The van der Waals surface area contributed by atoms with E-state index >= 15 is 0 Å². The van der Waals surface area contributed by atoms with Crippen molar-refractivity contribution in [1.82, 2.24) is 4.98 Å². The number of hydrogen-bond donors (Lipinski definition) is 1. The van der Waals surface area contributed by atoms with E-state index in [9.17, 15) is 18.0 Å². The van der Waals surface area contributed by atoms with Gasteiger partial charge in [0.1, 0.15) is 0 Å². The van der Waals surface area contributed by atoms with Crippen LogP contribution in [0.4, 0.5) is 13.2 Å². The van der Waals surface area contributed by atoms with Crippen molar-refractivity contribution >= 4 is 17.6 Å². The molecule has 0 aliphatic rings. The van der Waals surface area contributed by atoms with Crippen molar-refractivity contribution in [1.29, 1.82) is 0 Å². The van der Waals surface area contributed by atoms with Gasteiger partial charge in [-0.2, -0.15) is 13.2 Å². The molecule has 0 saturated carbocycles. The SMILES string of the molecule is O=C(O)Cc1cc(-c2ccc(C(F)(F)F)cc2)ncc1Cl. The standard InChI is InChI=1S/C14H9ClF3NO2/c15-11-7-19-12(5-9(11)6-13(20)21)8-1-3-10(4-2-8)14(16,17)18/h1-5,7H,6H2,(H,20,21). The third kappa shape index (κ3) is 3.72. The van der Waals surface area contributed by atoms with Crippen LogP contribution >= 0.6 is 11.6 Å². The van der Waals surface area contributed by atoms with E-state index in [0.717, 1.165) is 12.1 Å². The number of carboxylic acid groups (broad SMARTS) is 1. The molecule has 1 heterocycles. The van der Waals surface area contributed by atoms with Crippen molar-refractivity contribution in [3.8, 4) is 11.3 Å². The molecule has 0 amide bonds.